The number of hydrogen-bond donors (Lipinski definition) is 2. The van der Waals surface area contributed by atoms with Gasteiger partial charge in [0.15, 0.2) is 0 Å². The molecule has 0 aliphatic heterocycles. The lowest BCUT2D eigenvalue weighted by molar-refractivity contribution is 0.412. The van der Waals surface area contributed by atoms with Gasteiger partial charge in [-0.25, -0.2) is 0 Å². The highest BCUT2D eigenvalue weighted by Crippen LogP contribution is 2.36. The van der Waals surface area contributed by atoms with Crippen molar-refractivity contribution in [1.82, 2.24) is 0 Å². The summed E-state index contributed by atoms with van der Waals surface area (Å²) in [6.45, 7) is 1.99. The van der Waals surface area contributed by atoms with Crippen LogP contribution in [0.25, 0.3) is 0 Å². The number of nitrogens with two attached hydrogens (primary N) is 1. The molecule has 0 heterocycles. The smallest absolute Gasteiger partial charge is 0.135 e. The summed E-state index contributed by atoms with van der Waals surface area (Å²) in [5.74, 6) is 0.771. The van der Waals surface area contributed by atoms with Crippen LogP contribution in [0.5, 0.6) is 5.75 Å². The van der Waals surface area contributed by atoms with Crippen molar-refractivity contribution in [3.05, 3.63) is 44.8 Å². The molecule has 0 aliphatic carbocycles. The van der Waals surface area contributed by atoms with Crippen molar-refractivity contribution in [2.45, 2.75) is 6.92 Å². The fraction of sp³-hybridized carbons (Fsp3) is 0.143. The summed E-state index contributed by atoms with van der Waals surface area (Å²) in [7, 11) is 1.64. The van der Waals surface area contributed by atoms with E-state index in [2.05, 4.69) is 37.2 Å². The number of ether oxygens (including phenoxy) is 1. The average molecular weight is 386 g/mol. The molecule has 5 heteroatoms. The molecule has 0 fully saturated rings. The van der Waals surface area contributed by atoms with Crippen LogP contribution in [0, 0.1) is 6.92 Å². The van der Waals surface area contributed by atoms with E-state index in [0.717, 1.165) is 37.3 Å². The van der Waals surface area contributed by atoms with E-state index in [9.17, 15) is 0 Å². The van der Waals surface area contributed by atoms with Crippen molar-refractivity contribution in [3.8, 4) is 5.75 Å². The third kappa shape index (κ3) is 3.04. The highest BCUT2D eigenvalue weighted by Gasteiger charge is 2.09. The number of hydrogen-bond acceptors (Lipinski definition) is 3. The Morgan fingerprint density at radius 1 is 1.11 bits per heavy atom. The van der Waals surface area contributed by atoms with Crippen molar-refractivity contribution >= 4 is 48.9 Å². The molecule has 3 N–H and O–H groups in total. The number of methoxy groups -OCH3 is 1. The van der Waals surface area contributed by atoms with Gasteiger partial charge in [-0.15, -0.1) is 0 Å². The predicted octanol–water partition coefficient (Wildman–Crippen LogP) is 4.85. The zero-order valence-electron chi connectivity index (χ0n) is 10.6. The molecule has 2 aromatic rings. The molecular weight excluding hydrogens is 372 g/mol. The number of benzene rings is 2. The SMILES string of the molecule is COc1cc(Nc2cccc(N)c2C)c(Br)cc1Br. The van der Waals surface area contributed by atoms with Crippen LogP contribution < -0.4 is 15.8 Å². The van der Waals surface area contributed by atoms with E-state index in [1.807, 2.05) is 37.3 Å². The second-order valence-electron chi connectivity index (χ2n) is 4.11. The molecule has 0 unspecified atom stereocenters. The van der Waals surface area contributed by atoms with Gasteiger partial charge in [0.25, 0.3) is 0 Å². The minimum atomic E-state index is 0.769. The van der Waals surface area contributed by atoms with Crippen molar-refractivity contribution in [2.24, 2.45) is 0 Å². The monoisotopic (exact) mass is 384 g/mol. The Balaban J connectivity index is 2.41. The van der Waals surface area contributed by atoms with Crippen LogP contribution in [0.4, 0.5) is 17.1 Å². The maximum atomic E-state index is 5.91. The Morgan fingerprint density at radius 3 is 2.53 bits per heavy atom. The second-order valence-corrected chi connectivity index (χ2v) is 5.82. The minimum Gasteiger partial charge on any atom is -0.495 e. The maximum Gasteiger partial charge on any atom is 0.135 e. The Morgan fingerprint density at radius 2 is 1.84 bits per heavy atom. The van der Waals surface area contributed by atoms with Crippen LogP contribution >= 0.6 is 31.9 Å². The predicted molar refractivity (Wildman–Crippen MR) is 87.3 cm³/mol. The molecule has 0 saturated carbocycles. The number of halogens is 2. The van der Waals surface area contributed by atoms with Gasteiger partial charge in [-0.05, 0) is 62.5 Å². The van der Waals surface area contributed by atoms with Crippen LogP contribution in [-0.2, 0) is 0 Å². The molecule has 0 aromatic heterocycles. The highest BCUT2D eigenvalue weighted by atomic mass is 79.9. The standard InChI is InChI=1S/C14H14Br2N2O/c1-8-11(17)4-3-5-12(8)18-13-7-14(19-2)10(16)6-9(13)15/h3-7,18H,17H2,1-2H3. The molecule has 0 atom stereocenters. The largest absolute Gasteiger partial charge is 0.495 e. The van der Waals surface area contributed by atoms with Gasteiger partial charge in [-0.1, -0.05) is 6.07 Å². The normalized spacial score (nSPS) is 10.3. The fourth-order valence-electron chi connectivity index (χ4n) is 1.72. The molecule has 2 aromatic carbocycles. The van der Waals surface area contributed by atoms with Gasteiger partial charge in [0, 0.05) is 21.9 Å². The maximum absolute atomic E-state index is 5.91. The Bertz CT molecular complexity index is 615. The quantitative estimate of drug-likeness (QED) is 0.742. The van der Waals surface area contributed by atoms with E-state index < -0.39 is 0 Å². The topological polar surface area (TPSA) is 47.3 Å². The molecule has 3 nitrogen and oxygen atoms in total. The van der Waals surface area contributed by atoms with E-state index in [1.54, 1.807) is 7.11 Å². The molecule has 0 aliphatic rings. The summed E-state index contributed by atoms with van der Waals surface area (Å²) >= 11 is 6.98. The van der Waals surface area contributed by atoms with E-state index in [0.29, 0.717) is 0 Å². The third-order valence-corrected chi connectivity index (χ3v) is 4.16. The van der Waals surface area contributed by atoms with Crippen molar-refractivity contribution < 1.29 is 4.74 Å². The number of anilines is 3. The molecule has 0 radical (unpaired) electrons. The zero-order chi connectivity index (χ0) is 14.0. The summed E-state index contributed by atoms with van der Waals surface area (Å²) in [4.78, 5) is 0. The molecule has 0 amide bonds. The lowest BCUT2D eigenvalue weighted by atomic mass is 10.1. The van der Waals surface area contributed by atoms with Gasteiger partial charge >= 0.3 is 0 Å². The van der Waals surface area contributed by atoms with Crippen LogP contribution in [0.3, 0.4) is 0 Å². The molecule has 100 valence electrons. The highest BCUT2D eigenvalue weighted by molar-refractivity contribution is 9.11. The average Bonchev–Trinajstić information content (AvgIpc) is 2.38. The van der Waals surface area contributed by atoms with Crippen LogP contribution in [0.2, 0.25) is 0 Å². The van der Waals surface area contributed by atoms with Crippen molar-refractivity contribution in [1.29, 1.82) is 0 Å². The van der Waals surface area contributed by atoms with E-state index in [1.165, 1.54) is 0 Å². The van der Waals surface area contributed by atoms with Gasteiger partial charge in [0.05, 0.1) is 17.3 Å². The van der Waals surface area contributed by atoms with Crippen LogP contribution in [0.1, 0.15) is 5.56 Å². The summed E-state index contributed by atoms with van der Waals surface area (Å²) in [6.07, 6.45) is 0. The Kier molecular flexibility index (Phi) is 4.37. The lowest BCUT2D eigenvalue weighted by Crippen LogP contribution is -1.98. The lowest BCUT2D eigenvalue weighted by Gasteiger charge is -2.14. The molecular formula is C14H14Br2N2O. The van der Waals surface area contributed by atoms with E-state index in [4.69, 9.17) is 10.5 Å². The Labute approximate surface area is 129 Å². The van der Waals surface area contributed by atoms with Crippen LogP contribution in [-0.4, -0.2) is 7.11 Å². The second kappa shape index (κ2) is 5.84. The van der Waals surface area contributed by atoms with Gasteiger partial charge in [-0.2, -0.15) is 0 Å². The molecule has 0 saturated heterocycles. The van der Waals surface area contributed by atoms with Gasteiger partial charge in [-0.3, -0.25) is 0 Å². The first-order chi connectivity index (χ1) is 9.02. The molecule has 19 heavy (non-hydrogen) atoms. The first-order valence-electron chi connectivity index (χ1n) is 5.68. The van der Waals surface area contributed by atoms with Crippen molar-refractivity contribution in [2.75, 3.05) is 18.2 Å². The van der Waals surface area contributed by atoms with Crippen molar-refractivity contribution in [3.63, 3.8) is 0 Å². The van der Waals surface area contributed by atoms with Gasteiger partial charge < -0.3 is 15.8 Å². The minimum absolute atomic E-state index is 0.769. The number of nitrogen functional groups attached to an aromatic ring is 1. The summed E-state index contributed by atoms with van der Waals surface area (Å²) in [5.41, 5.74) is 9.60. The van der Waals surface area contributed by atoms with Crippen LogP contribution in [0.15, 0.2) is 39.3 Å². The number of nitrogens with one attached hydrogen (secondary N) is 1. The third-order valence-electron chi connectivity index (χ3n) is 2.89. The molecule has 0 bridgehead atoms. The van der Waals surface area contributed by atoms with Gasteiger partial charge in [0.2, 0.25) is 0 Å². The fourth-order valence-corrected chi connectivity index (χ4v) is 2.97. The van der Waals surface area contributed by atoms with Gasteiger partial charge in [0.1, 0.15) is 5.75 Å². The zero-order valence-corrected chi connectivity index (χ0v) is 13.8. The summed E-state index contributed by atoms with van der Waals surface area (Å²) in [5, 5.41) is 3.36. The Hall–Kier alpha value is -1.20. The first-order valence-corrected chi connectivity index (χ1v) is 7.26. The summed E-state index contributed by atoms with van der Waals surface area (Å²) in [6, 6.07) is 9.68. The molecule has 2 rings (SSSR count). The summed E-state index contributed by atoms with van der Waals surface area (Å²) < 4.78 is 7.15. The first kappa shape index (κ1) is 14.2. The van der Waals surface area contributed by atoms with E-state index in [-0.39, 0.29) is 0 Å². The molecule has 0 spiro atoms. The number of rotatable bonds is 3. The van der Waals surface area contributed by atoms with E-state index >= 15 is 0 Å².